The molecule has 1 aromatic rings. The molecule has 0 aliphatic rings. The van der Waals surface area contributed by atoms with Crippen LogP contribution in [0.25, 0.3) is 0 Å². The van der Waals surface area contributed by atoms with E-state index in [1.54, 1.807) is 13.0 Å². The van der Waals surface area contributed by atoms with Gasteiger partial charge in [-0.25, -0.2) is 0 Å². The number of benzene rings is 1. The molecule has 1 aromatic carbocycles. The lowest BCUT2D eigenvalue weighted by atomic mass is 10.1. The third-order valence-electron chi connectivity index (χ3n) is 1.73. The molecule has 5 nitrogen and oxygen atoms in total. The van der Waals surface area contributed by atoms with Crippen molar-refractivity contribution < 1.29 is 23.2 Å². The van der Waals surface area contributed by atoms with Gasteiger partial charge in [0.15, 0.2) is 0 Å². The van der Waals surface area contributed by atoms with Crippen LogP contribution in [0.3, 0.4) is 0 Å². The second kappa shape index (κ2) is 3.56. The lowest BCUT2D eigenvalue weighted by molar-refractivity contribution is 0.233. The van der Waals surface area contributed by atoms with Crippen LogP contribution < -0.4 is 0 Å². The number of rotatable bonds is 2. The van der Waals surface area contributed by atoms with Crippen LogP contribution >= 0.6 is 0 Å². The van der Waals surface area contributed by atoms with Crippen LogP contribution in [0.15, 0.2) is 18.2 Å². The average Bonchev–Trinajstić information content (AvgIpc) is 2.06. The fourth-order valence-electron chi connectivity index (χ4n) is 1.03. The Morgan fingerprint density at radius 3 is 2.43 bits per heavy atom. The summed E-state index contributed by atoms with van der Waals surface area (Å²) in [6, 6.07) is 4.09. The Balaban J connectivity index is 3.26. The fraction of sp³-hybridized carbons (Fsp3) is 0.250. The first-order valence-corrected chi connectivity index (χ1v) is 5.26. The van der Waals surface area contributed by atoms with E-state index in [4.69, 9.17) is 9.66 Å². The summed E-state index contributed by atoms with van der Waals surface area (Å²) in [5.41, 5.74) is -1.67. The molecule has 0 spiro atoms. The summed E-state index contributed by atoms with van der Waals surface area (Å²) in [7, 11) is -4.60. The van der Waals surface area contributed by atoms with Crippen molar-refractivity contribution in [2.45, 2.75) is 12.4 Å². The minimum atomic E-state index is -4.60. The van der Waals surface area contributed by atoms with Crippen molar-refractivity contribution in [1.82, 2.24) is 0 Å². The number of aliphatic hydroxyl groups excluding tert-OH is 1. The summed E-state index contributed by atoms with van der Waals surface area (Å²) >= 11 is 0. The van der Waals surface area contributed by atoms with Crippen LogP contribution in [-0.2, 0) is 10.1 Å². The Morgan fingerprint density at radius 1 is 1.36 bits per heavy atom. The summed E-state index contributed by atoms with van der Waals surface area (Å²) in [5.74, 6) is -0.374. The summed E-state index contributed by atoms with van der Waals surface area (Å²) in [4.78, 5) is 0. The van der Waals surface area contributed by atoms with Gasteiger partial charge in [0.2, 0.25) is 5.44 Å². The zero-order chi connectivity index (χ0) is 10.9. The molecule has 78 valence electrons. The highest BCUT2D eigenvalue weighted by atomic mass is 32.2. The highest BCUT2D eigenvalue weighted by Gasteiger charge is 2.24. The van der Waals surface area contributed by atoms with Gasteiger partial charge in [0.25, 0.3) is 10.1 Å². The van der Waals surface area contributed by atoms with Gasteiger partial charge in [-0.05, 0) is 19.1 Å². The van der Waals surface area contributed by atoms with Gasteiger partial charge in [-0.15, -0.1) is 0 Å². The summed E-state index contributed by atoms with van der Waals surface area (Å²) < 4.78 is 29.7. The van der Waals surface area contributed by atoms with Crippen LogP contribution in [0, 0.1) is 6.92 Å². The number of hydrogen-bond acceptors (Lipinski definition) is 4. The normalized spacial score (nSPS) is 13.9. The van der Waals surface area contributed by atoms with Gasteiger partial charge < -0.3 is 10.2 Å². The zero-order valence-corrected chi connectivity index (χ0v) is 8.19. The van der Waals surface area contributed by atoms with Gasteiger partial charge in [-0.3, -0.25) is 4.55 Å². The van der Waals surface area contributed by atoms with Gasteiger partial charge in [0.05, 0.1) is 0 Å². The molecule has 0 aliphatic heterocycles. The lowest BCUT2D eigenvalue weighted by Gasteiger charge is -2.09. The highest BCUT2D eigenvalue weighted by molar-refractivity contribution is 7.85. The van der Waals surface area contributed by atoms with Crippen LogP contribution in [-0.4, -0.2) is 23.2 Å². The molecule has 0 aliphatic carbocycles. The van der Waals surface area contributed by atoms with Gasteiger partial charge in [-0.2, -0.15) is 8.42 Å². The zero-order valence-electron chi connectivity index (χ0n) is 7.38. The van der Waals surface area contributed by atoms with E-state index in [1.807, 2.05) is 0 Å². The molecule has 0 saturated carbocycles. The fourth-order valence-corrected chi connectivity index (χ4v) is 1.54. The van der Waals surface area contributed by atoms with Crippen LogP contribution in [0.2, 0.25) is 0 Å². The van der Waals surface area contributed by atoms with Crippen molar-refractivity contribution in [2.75, 3.05) is 0 Å². The van der Waals surface area contributed by atoms with Crippen molar-refractivity contribution in [2.24, 2.45) is 0 Å². The molecule has 0 amide bonds. The molecular weight excluding hydrogens is 208 g/mol. The number of phenolic OH excluding ortho intramolecular Hbond substituents is 1. The van der Waals surface area contributed by atoms with Crippen molar-refractivity contribution in [3.63, 3.8) is 0 Å². The lowest BCUT2D eigenvalue weighted by Crippen LogP contribution is -2.11. The minimum absolute atomic E-state index is 0.229. The van der Waals surface area contributed by atoms with E-state index in [-0.39, 0.29) is 11.3 Å². The van der Waals surface area contributed by atoms with Crippen molar-refractivity contribution in [3.8, 4) is 5.75 Å². The van der Waals surface area contributed by atoms with E-state index >= 15 is 0 Å². The highest BCUT2D eigenvalue weighted by Crippen LogP contribution is 2.27. The van der Waals surface area contributed by atoms with Crippen LogP contribution in [0.1, 0.15) is 16.6 Å². The smallest absolute Gasteiger partial charge is 0.296 e. The van der Waals surface area contributed by atoms with E-state index in [2.05, 4.69) is 0 Å². The Kier molecular flexibility index (Phi) is 2.79. The van der Waals surface area contributed by atoms with Crippen molar-refractivity contribution in [3.05, 3.63) is 29.3 Å². The molecule has 0 radical (unpaired) electrons. The average molecular weight is 218 g/mol. The summed E-state index contributed by atoms with van der Waals surface area (Å²) in [6.45, 7) is 1.67. The SMILES string of the molecule is Cc1ccc(O)c([C@@H](O)S(=O)(=O)O)c1. The van der Waals surface area contributed by atoms with Crippen molar-refractivity contribution >= 4 is 10.1 Å². The Labute approximate surface area is 81.4 Å². The molecule has 0 heterocycles. The molecule has 0 aromatic heterocycles. The summed E-state index contributed by atoms with van der Waals surface area (Å²) in [5, 5.41) is 18.4. The molecule has 1 atom stereocenters. The first kappa shape index (κ1) is 11.0. The second-order valence-corrected chi connectivity index (χ2v) is 4.41. The van der Waals surface area contributed by atoms with Gasteiger partial charge in [0.1, 0.15) is 5.75 Å². The largest absolute Gasteiger partial charge is 0.508 e. The molecule has 1 rings (SSSR count). The van der Waals surface area contributed by atoms with Crippen molar-refractivity contribution in [1.29, 1.82) is 0 Å². The standard InChI is InChI=1S/C8H10O5S/c1-5-2-3-7(9)6(4-5)8(10)14(11,12)13/h2-4,8-10H,1H3,(H,11,12,13)/t8-/m0/s1. The third-order valence-corrected chi connectivity index (χ3v) is 2.55. The summed E-state index contributed by atoms with van der Waals surface area (Å²) in [6.07, 6.45) is 0. The van der Waals surface area contributed by atoms with E-state index < -0.39 is 15.6 Å². The molecule has 0 saturated heterocycles. The number of aliphatic hydroxyl groups is 1. The Bertz CT molecular complexity index is 437. The number of aromatic hydroxyl groups is 1. The third kappa shape index (κ3) is 2.22. The van der Waals surface area contributed by atoms with Gasteiger partial charge in [-0.1, -0.05) is 11.6 Å². The minimum Gasteiger partial charge on any atom is -0.508 e. The first-order valence-electron chi connectivity index (χ1n) is 3.76. The van der Waals surface area contributed by atoms with Crippen LogP contribution in [0.4, 0.5) is 0 Å². The molecule has 0 unspecified atom stereocenters. The molecule has 6 heteroatoms. The quantitative estimate of drug-likeness (QED) is 0.631. The maximum Gasteiger partial charge on any atom is 0.296 e. The Morgan fingerprint density at radius 2 is 1.93 bits per heavy atom. The molecule has 14 heavy (non-hydrogen) atoms. The number of phenols is 1. The topological polar surface area (TPSA) is 94.8 Å². The molecule has 0 fully saturated rings. The van der Waals surface area contributed by atoms with E-state index in [0.717, 1.165) is 0 Å². The van der Waals surface area contributed by atoms with Crippen LogP contribution in [0.5, 0.6) is 5.75 Å². The van der Waals surface area contributed by atoms with E-state index in [0.29, 0.717) is 5.56 Å². The predicted molar refractivity (Wildman–Crippen MR) is 49.4 cm³/mol. The second-order valence-electron chi connectivity index (χ2n) is 2.93. The molecule has 0 bridgehead atoms. The van der Waals surface area contributed by atoms with Gasteiger partial charge >= 0.3 is 0 Å². The van der Waals surface area contributed by atoms with E-state index in [9.17, 15) is 13.5 Å². The number of aryl methyl sites for hydroxylation is 1. The monoisotopic (exact) mass is 218 g/mol. The van der Waals surface area contributed by atoms with E-state index in [1.165, 1.54) is 12.1 Å². The number of hydrogen-bond donors (Lipinski definition) is 3. The predicted octanol–water partition coefficient (Wildman–Crippen LogP) is 0.579. The maximum absolute atomic E-state index is 10.6. The Hall–Kier alpha value is -1.11. The van der Waals surface area contributed by atoms with Gasteiger partial charge in [0, 0.05) is 5.56 Å². The molecule has 3 N–H and O–H groups in total. The maximum atomic E-state index is 10.6. The first-order chi connectivity index (χ1) is 6.32. The molecular formula is C8H10O5S.